The lowest BCUT2D eigenvalue weighted by Gasteiger charge is -2.33. The lowest BCUT2D eigenvalue weighted by molar-refractivity contribution is 0.0121. The monoisotopic (exact) mass is 344 g/mol. The fourth-order valence-corrected chi connectivity index (χ4v) is 2.87. The van der Waals surface area contributed by atoms with E-state index < -0.39 is 0 Å². The van der Waals surface area contributed by atoms with E-state index in [1.807, 2.05) is 31.2 Å². The molecule has 25 heavy (non-hydrogen) atoms. The lowest BCUT2D eigenvalue weighted by Crippen LogP contribution is -2.45. The van der Waals surface area contributed by atoms with Crippen LogP contribution in [0, 0.1) is 6.92 Å². The number of hydrogen-bond acceptors (Lipinski definition) is 5. The topological polar surface area (TPSA) is 79.6 Å². The van der Waals surface area contributed by atoms with Crippen LogP contribution in [0.4, 0.5) is 4.79 Å². The number of furan rings is 1. The molecule has 1 aliphatic heterocycles. The number of hydrogen-bond donors (Lipinski definition) is 2. The van der Waals surface area contributed by atoms with Crippen molar-refractivity contribution >= 4 is 6.03 Å². The Morgan fingerprint density at radius 1 is 1.28 bits per heavy atom. The molecule has 1 aliphatic rings. The van der Waals surface area contributed by atoms with Crippen molar-refractivity contribution in [3.63, 3.8) is 0 Å². The van der Waals surface area contributed by atoms with Crippen LogP contribution in [0.15, 0.2) is 41.1 Å². The smallest absolute Gasteiger partial charge is 0.315 e. The van der Waals surface area contributed by atoms with Crippen molar-refractivity contribution in [3.8, 4) is 0 Å². The Labute approximate surface area is 147 Å². The molecule has 1 saturated heterocycles. The molecule has 2 amide bonds. The number of urea groups is 1. The third-order valence-electron chi connectivity index (χ3n) is 4.21. The zero-order valence-electron chi connectivity index (χ0n) is 14.4. The highest BCUT2D eigenvalue weighted by Crippen LogP contribution is 2.23. The second kappa shape index (κ2) is 8.64. The Bertz CT molecular complexity index is 668. The van der Waals surface area contributed by atoms with Gasteiger partial charge in [0.25, 0.3) is 0 Å². The zero-order chi connectivity index (χ0) is 17.5. The van der Waals surface area contributed by atoms with Gasteiger partial charge in [0.1, 0.15) is 11.5 Å². The Kier molecular flexibility index (Phi) is 6.03. The van der Waals surface area contributed by atoms with Crippen molar-refractivity contribution in [2.75, 3.05) is 32.8 Å². The summed E-state index contributed by atoms with van der Waals surface area (Å²) in [7, 11) is 0. The molecule has 2 aromatic rings. The first-order valence-electron chi connectivity index (χ1n) is 8.51. The molecule has 0 spiro atoms. The second-order valence-electron chi connectivity index (χ2n) is 6.04. The van der Waals surface area contributed by atoms with Crippen molar-refractivity contribution in [2.45, 2.75) is 19.5 Å². The maximum Gasteiger partial charge on any atom is 0.315 e. The second-order valence-corrected chi connectivity index (χ2v) is 6.04. The van der Waals surface area contributed by atoms with Crippen LogP contribution in [-0.4, -0.2) is 48.8 Å². The summed E-state index contributed by atoms with van der Waals surface area (Å²) in [6.45, 7) is 5.89. The highest BCUT2D eigenvalue weighted by Gasteiger charge is 2.25. The number of carbonyl (C=O) groups is 1. The molecule has 0 unspecified atom stereocenters. The number of aryl methyl sites for hydroxylation is 1. The summed E-state index contributed by atoms with van der Waals surface area (Å²) in [5.41, 5.74) is 0.962. The standard InChI is InChI=1S/C18H24N4O3/c1-14-4-5-17(25-14)16(22-7-9-24-10-8-22)13-21-18(23)20-12-15-3-2-6-19-11-15/h2-6,11,16H,7-10,12-13H2,1H3,(H2,20,21,23)/t16-/m0/s1. The van der Waals surface area contributed by atoms with E-state index in [9.17, 15) is 4.79 Å². The molecule has 1 atom stereocenters. The van der Waals surface area contributed by atoms with Gasteiger partial charge in [-0.05, 0) is 30.7 Å². The van der Waals surface area contributed by atoms with E-state index in [4.69, 9.17) is 9.15 Å². The maximum absolute atomic E-state index is 12.1. The van der Waals surface area contributed by atoms with E-state index in [1.54, 1.807) is 12.4 Å². The first-order valence-corrected chi connectivity index (χ1v) is 8.51. The van der Waals surface area contributed by atoms with Crippen LogP contribution < -0.4 is 10.6 Å². The van der Waals surface area contributed by atoms with E-state index >= 15 is 0 Å². The van der Waals surface area contributed by atoms with Crippen molar-refractivity contribution in [1.29, 1.82) is 0 Å². The van der Waals surface area contributed by atoms with Crippen LogP contribution >= 0.6 is 0 Å². The number of pyridine rings is 1. The Morgan fingerprint density at radius 3 is 2.80 bits per heavy atom. The van der Waals surface area contributed by atoms with Gasteiger partial charge in [-0.3, -0.25) is 9.88 Å². The van der Waals surface area contributed by atoms with Crippen LogP contribution in [0.1, 0.15) is 23.1 Å². The molecule has 7 heteroatoms. The van der Waals surface area contributed by atoms with Crippen molar-refractivity contribution in [1.82, 2.24) is 20.5 Å². The summed E-state index contributed by atoms with van der Waals surface area (Å²) in [6.07, 6.45) is 3.45. The molecule has 0 saturated carbocycles. The van der Waals surface area contributed by atoms with Gasteiger partial charge in [0.15, 0.2) is 0 Å². The molecule has 2 N–H and O–H groups in total. The molecule has 1 fully saturated rings. The van der Waals surface area contributed by atoms with Gasteiger partial charge in [0, 0.05) is 38.6 Å². The first kappa shape index (κ1) is 17.4. The number of ether oxygens (including phenoxy) is 1. The van der Waals surface area contributed by atoms with E-state index in [1.165, 1.54) is 0 Å². The summed E-state index contributed by atoms with van der Waals surface area (Å²) >= 11 is 0. The van der Waals surface area contributed by atoms with Gasteiger partial charge in [-0.1, -0.05) is 6.07 Å². The Morgan fingerprint density at radius 2 is 2.12 bits per heavy atom. The molecular weight excluding hydrogens is 320 g/mol. The number of carbonyl (C=O) groups excluding carboxylic acids is 1. The number of aromatic nitrogens is 1. The molecular formula is C18H24N4O3. The highest BCUT2D eigenvalue weighted by atomic mass is 16.5. The van der Waals surface area contributed by atoms with E-state index in [0.29, 0.717) is 26.3 Å². The minimum absolute atomic E-state index is 0.00161. The van der Waals surface area contributed by atoms with Crippen LogP contribution in [-0.2, 0) is 11.3 Å². The molecule has 134 valence electrons. The van der Waals surface area contributed by atoms with E-state index in [2.05, 4.69) is 20.5 Å². The average molecular weight is 344 g/mol. The molecule has 0 bridgehead atoms. The molecule has 0 radical (unpaired) electrons. The Balaban J connectivity index is 1.55. The minimum atomic E-state index is -0.203. The molecule has 0 aliphatic carbocycles. The largest absolute Gasteiger partial charge is 0.465 e. The third kappa shape index (κ3) is 5.04. The van der Waals surface area contributed by atoms with Gasteiger partial charge in [-0.25, -0.2) is 4.79 Å². The van der Waals surface area contributed by atoms with Crippen molar-refractivity contribution < 1.29 is 13.9 Å². The zero-order valence-corrected chi connectivity index (χ0v) is 14.4. The highest BCUT2D eigenvalue weighted by molar-refractivity contribution is 5.73. The molecule has 2 aromatic heterocycles. The molecule has 7 nitrogen and oxygen atoms in total. The lowest BCUT2D eigenvalue weighted by atomic mass is 10.1. The molecule has 3 rings (SSSR count). The Hall–Kier alpha value is -2.38. The fraction of sp³-hybridized carbons (Fsp3) is 0.444. The third-order valence-corrected chi connectivity index (χ3v) is 4.21. The number of nitrogens with zero attached hydrogens (tertiary/aromatic N) is 2. The van der Waals surface area contributed by atoms with Crippen molar-refractivity contribution in [2.24, 2.45) is 0 Å². The number of rotatable bonds is 6. The summed E-state index contributed by atoms with van der Waals surface area (Å²) < 4.78 is 11.2. The van der Waals surface area contributed by atoms with Crippen molar-refractivity contribution in [3.05, 3.63) is 53.7 Å². The van der Waals surface area contributed by atoms with Crippen LogP contribution in [0.2, 0.25) is 0 Å². The van der Waals surface area contributed by atoms with Gasteiger partial charge in [0.05, 0.1) is 19.3 Å². The summed E-state index contributed by atoms with van der Waals surface area (Å²) in [5, 5.41) is 5.80. The van der Waals surface area contributed by atoms with Crippen LogP contribution in [0.5, 0.6) is 0 Å². The van der Waals surface area contributed by atoms with Gasteiger partial charge < -0.3 is 19.8 Å². The predicted octanol–water partition coefficient (Wildman–Crippen LogP) is 1.86. The summed E-state index contributed by atoms with van der Waals surface area (Å²) in [4.78, 5) is 18.4. The van der Waals surface area contributed by atoms with Crippen LogP contribution in [0.3, 0.4) is 0 Å². The summed E-state index contributed by atoms with van der Waals surface area (Å²) in [5.74, 6) is 1.74. The van der Waals surface area contributed by atoms with Gasteiger partial charge in [-0.15, -0.1) is 0 Å². The normalized spacial score (nSPS) is 16.4. The SMILES string of the molecule is Cc1ccc([C@H](CNC(=O)NCc2cccnc2)N2CCOCC2)o1. The fourth-order valence-electron chi connectivity index (χ4n) is 2.87. The molecule has 0 aromatic carbocycles. The van der Waals surface area contributed by atoms with Gasteiger partial charge >= 0.3 is 6.03 Å². The number of morpholine rings is 1. The number of amides is 2. The summed E-state index contributed by atoms with van der Waals surface area (Å²) in [6, 6.07) is 7.50. The number of nitrogens with one attached hydrogen (secondary N) is 2. The van der Waals surface area contributed by atoms with Crippen LogP contribution in [0.25, 0.3) is 0 Å². The van der Waals surface area contributed by atoms with E-state index in [0.717, 1.165) is 30.2 Å². The quantitative estimate of drug-likeness (QED) is 0.836. The minimum Gasteiger partial charge on any atom is -0.465 e. The van der Waals surface area contributed by atoms with E-state index in [-0.39, 0.29) is 12.1 Å². The first-order chi connectivity index (χ1) is 12.2. The molecule has 3 heterocycles. The van der Waals surface area contributed by atoms with Gasteiger partial charge in [0.2, 0.25) is 0 Å². The average Bonchev–Trinajstić information content (AvgIpc) is 3.08. The van der Waals surface area contributed by atoms with Gasteiger partial charge in [-0.2, -0.15) is 0 Å². The predicted molar refractivity (Wildman–Crippen MR) is 93.1 cm³/mol. The maximum atomic E-state index is 12.1.